The monoisotopic (exact) mass is 198 g/mol. The van der Waals surface area contributed by atoms with Gasteiger partial charge in [0.1, 0.15) is 12.6 Å². The molecule has 0 bridgehead atoms. The molecule has 0 radical (unpaired) electrons. The minimum atomic E-state index is 0.114. The lowest BCUT2D eigenvalue weighted by molar-refractivity contribution is -0.133. The molecule has 1 rings (SSSR count). The zero-order valence-corrected chi connectivity index (χ0v) is 8.70. The summed E-state index contributed by atoms with van der Waals surface area (Å²) < 4.78 is 10.3. The Morgan fingerprint density at radius 3 is 3.07 bits per heavy atom. The van der Waals surface area contributed by atoms with Gasteiger partial charge in [-0.2, -0.15) is 0 Å². The molecule has 0 aromatic carbocycles. The molecule has 1 fully saturated rings. The summed E-state index contributed by atoms with van der Waals surface area (Å²) in [5.41, 5.74) is 0. The number of methoxy groups -OCH3 is 1. The highest BCUT2D eigenvalue weighted by Gasteiger charge is 2.27. The molecular formula is C11H18O3. The predicted molar refractivity (Wildman–Crippen MR) is 53.9 cm³/mol. The lowest BCUT2D eigenvalue weighted by atomic mass is 9.84. The van der Waals surface area contributed by atoms with Gasteiger partial charge in [-0.1, -0.05) is 6.08 Å². The molecule has 2 atom stereocenters. The minimum Gasteiger partial charge on any atom is -0.359 e. The van der Waals surface area contributed by atoms with Gasteiger partial charge in [0.15, 0.2) is 0 Å². The van der Waals surface area contributed by atoms with Crippen molar-refractivity contribution in [2.45, 2.75) is 31.8 Å². The maximum atomic E-state index is 11.5. The standard InChI is InChI=1S/C11H18O3/c1-3-4-9-7-10(14-8-13-2)5-6-11(9)12/h3,9-10H,1,4-8H2,2H3/t9-,10+/m0/s1. The van der Waals surface area contributed by atoms with Crippen LogP contribution in [-0.2, 0) is 14.3 Å². The van der Waals surface area contributed by atoms with Crippen LogP contribution in [0.2, 0.25) is 0 Å². The smallest absolute Gasteiger partial charge is 0.146 e. The van der Waals surface area contributed by atoms with E-state index in [1.807, 2.05) is 0 Å². The Hall–Kier alpha value is -0.670. The van der Waals surface area contributed by atoms with E-state index in [1.165, 1.54) is 0 Å². The zero-order chi connectivity index (χ0) is 10.4. The normalized spacial score (nSPS) is 27.6. The van der Waals surface area contributed by atoms with Gasteiger partial charge in [-0.25, -0.2) is 0 Å². The van der Waals surface area contributed by atoms with Crippen LogP contribution in [0.5, 0.6) is 0 Å². The number of Topliss-reactive ketones (excluding diaryl/α,β-unsaturated/α-hetero) is 1. The van der Waals surface area contributed by atoms with E-state index in [4.69, 9.17) is 9.47 Å². The molecule has 0 unspecified atom stereocenters. The third-order valence-corrected chi connectivity index (χ3v) is 2.59. The second kappa shape index (κ2) is 5.94. The summed E-state index contributed by atoms with van der Waals surface area (Å²) in [5, 5.41) is 0. The van der Waals surface area contributed by atoms with Gasteiger partial charge >= 0.3 is 0 Å². The number of hydrogen-bond donors (Lipinski definition) is 0. The second-order valence-corrected chi connectivity index (χ2v) is 3.66. The minimum absolute atomic E-state index is 0.114. The van der Waals surface area contributed by atoms with E-state index in [9.17, 15) is 4.79 Å². The van der Waals surface area contributed by atoms with Crippen LogP contribution in [0.25, 0.3) is 0 Å². The van der Waals surface area contributed by atoms with E-state index < -0.39 is 0 Å². The lowest BCUT2D eigenvalue weighted by Gasteiger charge is -2.27. The van der Waals surface area contributed by atoms with Crippen LogP contribution in [0.15, 0.2) is 12.7 Å². The van der Waals surface area contributed by atoms with E-state index in [1.54, 1.807) is 13.2 Å². The van der Waals surface area contributed by atoms with Crippen molar-refractivity contribution in [2.75, 3.05) is 13.9 Å². The molecule has 0 aromatic rings. The SMILES string of the molecule is C=CC[C@H]1C[C@H](OCOC)CCC1=O. The molecular weight excluding hydrogens is 180 g/mol. The second-order valence-electron chi connectivity index (χ2n) is 3.66. The van der Waals surface area contributed by atoms with Crippen molar-refractivity contribution in [3.8, 4) is 0 Å². The Labute approximate surface area is 85.1 Å². The van der Waals surface area contributed by atoms with Crippen LogP contribution in [-0.4, -0.2) is 25.8 Å². The summed E-state index contributed by atoms with van der Waals surface area (Å²) in [6.45, 7) is 3.98. The molecule has 1 aliphatic carbocycles. The summed E-state index contributed by atoms with van der Waals surface area (Å²) >= 11 is 0. The first-order valence-electron chi connectivity index (χ1n) is 5.02. The number of carbonyl (C=O) groups excluding carboxylic acids is 1. The van der Waals surface area contributed by atoms with Crippen LogP contribution >= 0.6 is 0 Å². The van der Waals surface area contributed by atoms with Crippen molar-refractivity contribution in [3.05, 3.63) is 12.7 Å². The first-order valence-corrected chi connectivity index (χ1v) is 5.02. The third-order valence-electron chi connectivity index (χ3n) is 2.59. The van der Waals surface area contributed by atoms with Gasteiger partial charge in [0.25, 0.3) is 0 Å². The molecule has 3 heteroatoms. The quantitative estimate of drug-likeness (QED) is 0.500. The Balaban J connectivity index is 2.36. The van der Waals surface area contributed by atoms with Crippen molar-refractivity contribution >= 4 is 5.78 Å². The predicted octanol–water partition coefficient (Wildman–Crippen LogP) is 1.92. The molecule has 1 aliphatic rings. The van der Waals surface area contributed by atoms with Crippen molar-refractivity contribution in [1.82, 2.24) is 0 Å². The van der Waals surface area contributed by atoms with Gasteiger partial charge in [0.2, 0.25) is 0 Å². The summed E-state index contributed by atoms with van der Waals surface area (Å²) in [7, 11) is 1.61. The Bertz CT molecular complexity index is 201. The number of ketones is 1. The molecule has 3 nitrogen and oxygen atoms in total. The van der Waals surface area contributed by atoms with E-state index in [0.29, 0.717) is 19.0 Å². The summed E-state index contributed by atoms with van der Waals surface area (Å²) in [5.74, 6) is 0.463. The molecule has 0 saturated heterocycles. The summed E-state index contributed by atoms with van der Waals surface area (Å²) in [6.07, 6.45) is 5.03. The number of ether oxygens (including phenoxy) is 2. The first kappa shape index (κ1) is 11.4. The lowest BCUT2D eigenvalue weighted by Crippen LogP contribution is -2.30. The topological polar surface area (TPSA) is 35.5 Å². The largest absolute Gasteiger partial charge is 0.359 e. The number of allylic oxidation sites excluding steroid dienone is 1. The Kier molecular flexibility index (Phi) is 4.84. The van der Waals surface area contributed by atoms with Crippen molar-refractivity contribution in [3.63, 3.8) is 0 Å². The van der Waals surface area contributed by atoms with Crippen molar-refractivity contribution in [1.29, 1.82) is 0 Å². The number of carbonyl (C=O) groups is 1. The molecule has 0 aliphatic heterocycles. The van der Waals surface area contributed by atoms with Crippen LogP contribution in [0.4, 0.5) is 0 Å². The molecule has 0 aromatic heterocycles. The molecule has 14 heavy (non-hydrogen) atoms. The van der Waals surface area contributed by atoms with Gasteiger partial charge < -0.3 is 9.47 Å². The maximum absolute atomic E-state index is 11.5. The molecule has 1 saturated carbocycles. The highest BCUT2D eigenvalue weighted by atomic mass is 16.7. The van der Waals surface area contributed by atoms with Crippen LogP contribution < -0.4 is 0 Å². The average Bonchev–Trinajstić information content (AvgIpc) is 2.19. The summed E-state index contributed by atoms with van der Waals surface area (Å²) in [4.78, 5) is 11.5. The van der Waals surface area contributed by atoms with Gasteiger partial charge in [0.05, 0.1) is 6.10 Å². The Morgan fingerprint density at radius 1 is 1.64 bits per heavy atom. The van der Waals surface area contributed by atoms with Gasteiger partial charge in [-0.15, -0.1) is 6.58 Å². The van der Waals surface area contributed by atoms with Crippen LogP contribution in [0.1, 0.15) is 25.7 Å². The van der Waals surface area contributed by atoms with E-state index in [2.05, 4.69) is 6.58 Å². The van der Waals surface area contributed by atoms with Gasteiger partial charge in [-0.3, -0.25) is 4.79 Å². The molecule has 80 valence electrons. The highest BCUT2D eigenvalue weighted by Crippen LogP contribution is 2.26. The molecule has 0 spiro atoms. The van der Waals surface area contributed by atoms with Gasteiger partial charge in [-0.05, 0) is 19.3 Å². The number of rotatable bonds is 5. The zero-order valence-electron chi connectivity index (χ0n) is 8.70. The highest BCUT2D eigenvalue weighted by molar-refractivity contribution is 5.81. The number of hydrogen-bond acceptors (Lipinski definition) is 3. The fraction of sp³-hybridized carbons (Fsp3) is 0.727. The van der Waals surface area contributed by atoms with E-state index in [0.717, 1.165) is 19.3 Å². The van der Waals surface area contributed by atoms with Crippen molar-refractivity contribution in [2.24, 2.45) is 5.92 Å². The van der Waals surface area contributed by atoms with Crippen LogP contribution in [0, 0.1) is 5.92 Å². The average molecular weight is 198 g/mol. The first-order chi connectivity index (χ1) is 6.77. The van der Waals surface area contributed by atoms with E-state index in [-0.39, 0.29) is 12.0 Å². The fourth-order valence-electron chi connectivity index (χ4n) is 1.82. The van der Waals surface area contributed by atoms with Gasteiger partial charge in [0, 0.05) is 19.4 Å². The maximum Gasteiger partial charge on any atom is 0.146 e. The molecule has 0 heterocycles. The summed E-state index contributed by atoms with van der Waals surface area (Å²) in [6, 6.07) is 0. The fourth-order valence-corrected chi connectivity index (χ4v) is 1.82. The van der Waals surface area contributed by atoms with Crippen molar-refractivity contribution < 1.29 is 14.3 Å². The van der Waals surface area contributed by atoms with E-state index >= 15 is 0 Å². The van der Waals surface area contributed by atoms with Crippen LogP contribution in [0.3, 0.4) is 0 Å². The Morgan fingerprint density at radius 2 is 2.43 bits per heavy atom. The molecule has 0 amide bonds. The third kappa shape index (κ3) is 3.24. The molecule has 0 N–H and O–H groups in total.